The Balaban J connectivity index is 1.56. The maximum Gasteiger partial charge on any atom is 0.139 e. The molecular weight excluding hydrogens is 328 g/mol. The van der Waals surface area contributed by atoms with E-state index in [1.165, 1.54) is 0 Å². The summed E-state index contributed by atoms with van der Waals surface area (Å²) >= 11 is 0. The summed E-state index contributed by atoms with van der Waals surface area (Å²) in [4.78, 5) is 17.8. The van der Waals surface area contributed by atoms with Crippen LogP contribution in [-0.4, -0.2) is 35.9 Å². The van der Waals surface area contributed by atoms with Crippen molar-refractivity contribution >= 4 is 11.5 Å². The summed E-state index contributed by atoms with van der Waals surface area (Å²) in [5, 5.41) is 15.4. The molecule has 0 aromatic heterocycles. The van der Waals surface area contributed by atoms with E-state index in [0.717, 1.165) is 57.1 Å². The van der Waals surface area contributed by atoms with Crippen molar-refractivity contribution in [1.82, 2.24) is 0 Å². The molecule has 3 unspecified atom stereocenters. The smallest absolute Gasteiger partial charge is 0.139 e. The molecule has 0 spiro atoms. The van der Waals surface area contributed by atoms with Gasteiger partial charge in [-0.25, -0.2) is 0 Å². The quantitative estimate of drug-likeness (QED) is 0.597. The third-order valence-electron chi connectivity index (χ3n) is 8.63. The number of oxime groups is 1. The van der Waals surface area contributed by atoms with E-state index < -0.39 is 0 Å². The zero-order valence-electron chi connectivity index (χ0n) is 16.2. The Morgan fingerprint density at radius 1 is 1.19 bits per heavy atom. The number of carbonyl (C=O) groups is 1. The van der Waals surface area contributed by atoms with E-state index in [-0.39, 0.29) is 22.9 Å². The van der Waals surface area contributed by atoms with Crippen LogP contribution in [0.15, 0.2) is 5.16 Å². The highest BCUT2D eigenvalue weighted by Gasteiger charge is 2.61. The van der Waals surface area contributed by atoms with Crippen molar-refractivity contribution in [2.75, 3.05) is 13.2 Å². The first-order valence-corrected chi connectivity index (χ1v) is 10.5. The first-order valence-electron chi connectivity index (χ1n) is 10.5. The number of aliphatic hydroxyl groups is 1. The number of fused-ring (bicyclic) bond motifs is 5. The number of aliphatic hydroxyl groups excluding tert-OH is 1. The van der Waals surface area contributed by atoms with Gasteiger partial charge in [0, 0.05) is 18.4 Å². The minimum atomic E-state index is -0.292. The van der Waals surface area contributed by atoms with Gasteiger partial charge in [0.2, 0.25) is 0 Å². The summed E-state index contributed by atoms with van der Waals surface area (Å²) in [7, 11) is 0. The third-order valence-corrected chi connectivity index (χ3v) is 8.63. The molecule has 0 heterocycles. The van der Waals surface area contributed by atoms with Gasteiger partial charge in [0.25, 0.3) is 0 Å². The number of ketones is 1. The molecule has 3 N–H and O–H groups in total. The number of rotatable bonds is 3. The Bertz CT molecular complexity index is 606. The summed E-state index contributed by atoms with van der Waals surface area (Å²) in [6.45, 7) is 5.52. The SMILES string of the molecule is C[C@]12CCC3C(C[C@@H](O)[C@H]4CC(=NOCCN)CC[C@]34C)C1CCC2=O. The molecule has 7 atom stereocenters. The third kappa shape index (κ3) is 2.65. The normalized spacial score (nSPS) is 49.5. The van der Waals surface area contributed by atoms with Crippen LogP contribution in [0.2, 0.25) is 0 Å². The van der Waals surface area contributed by atoms with E-state index >= 15 is 0 Å². The van der Waals surface area contributed by atoms with Gasteiger partial charge in [-0.05, 0) is 74.0 Å². The van der Waals surface area contributed by atoms with Crippen molar-refractivity contribution in [2.45, 2.75) is 71.3 Å². The van der Waals surface area contributed by atoms with Gasteiger partial charge in [-0.3, -0.25) is 4.79 Å². The fourth-order valence-electron chi connectivity index (χ4n) is 7.15. The lowest BCUT2D eigenvalue weighted by Gasteiger charge is -2.60. The lowest BCUT2D eigenvalue weighted by molar-refractivity contribution is -0.153. The first-order chi connectivity index (χ1) is 12.4. The largest absolute Gasteiger partial charge is 0.395 e. The molecule has 4 fully saturated rings. The van der Waals surface area contributed by atoms with E-state index in [4.69, 9.17) is 10.6 Å². The molecule has 4 saturated carbocycles. The molecule has 0 saturated heterocycles. The van der Waals surface area contributed by atoms with Crippen molar-refractivity contribution in [3.63, 3.8) is 0 Å². The van der Waals surface area contributed by atoms with Gasteiger partial charge in [0.05, 0.1) is 11.8 Å². The Labute approximate surface area is 156 Å². The van der Waals surface area contributed by atoms with Crippen LogP contribution in [0.5, 0.6) is 0 Å². The maximum absolute atomic E-state index is 12.5. The summed E-state index contributed by atoms with van der Waals surface area (Å²) in [5.74, 6) is 2.34. The monoisotopic (exact) mass is 362 g/mol. The van der Waals surface area contributed by atoms with E-state index in [1.807, 2.05) is 0 Å². The average Bonchev–Trinajstić information content (AvgIpc) is 2.92. The van der Waals surface area contributed by atoms with Gasteiger partial charge in [-0.1, -0.05) is 19.0 Å². The Morgan fingerprint density at radius 3 is 2.77 bits per heavy atom. The van der Waals surface area contributed by atoms with Crippen molar-refractivity contribution in [2.24, 2.45) is 45.4 Å². The molecule has 26 heavy (non-hydrogen) atoms. The lowest BCUT2D eigenvalue weighted by atomic mass is 9.44. The fourth-order valence-corrected chi connectivity index (χ4v) is 7.15. The minimum Gasteiger partial charge on any atom is -0.395 e. The Kier molecular flexibility index (Phi) is 4.67. The van der Waals surface area contributed by atoms with Crippen molar-refractivity contribution < 1.29 is 14.7 Å². The van der Waals surface area contributed by atoms with E-state index in [1.54, 1.807) is 0 Å². The highest BCUT2D eigenvalue weighted by Crippen LogP contribution is 2.65. The number of nitrogens with two attached hydrogens (primary N) is 1. The fraction of sp³-hybridized carbons (Fsp3) is 0.905. The molecule has 0 radical (unpaired) electrons. The highest BCUT2D eigenvalue weighted by atomic mass is 16.6. The molecular formula is C21H34N2O3. The van der Waals surface area contributed by atoms with Gasteiger partial charge < -0.3 is 15.7 Å². The lowest BCUT2D eigenvalue weighted by Crippen LogP contribution is -2.57. The second kappa shape index (κ2) is 6.59. The molecule has 0 bridgehead atoms. The number of hydrogen-bond acceptors (Lipinski definition) is 5. The van der Waals surface area contributed by atoms with E-state index in [9.17, 15) is 9.90 Å². The van der Waals surface area contributed by atoms with Crippen LogP contribution in [0.1, 0.15) is 65.2 Å². The van der Waals surface area contributed by atoms with Crippen molar-refractivity contribution in [3.8, 4) is 0 Å². The van der Waals surface area contributed by atoms with Gasteiger partial charge in [-0.2, -0.15) is 0 Å². The molecule has 4 aliphatic carbocycles. The first kappa shape index (κ1) is 18.4. The topological polar surface area (TPSA) is 84.9 Å². The Hall–Kier alpha value is -0.940. The van der Waals surface area contributed by atoms with Gasteiger partial charge in [-0.15, -0.1) is 0 Å². The van der Waals surface area contributed by atoms with Crippen LogP contribution in [0.3, 0.4) is 0 Å². The standard InChI is InChI=1S/C21H34N2O3/c1-20-7-5-13(23-26-10-9-22)11-17(20)18(24)12-14-15-3-4-19(25)21(15,2)8-6-16(14)20/h14-18,24H,3-12,22H2,1-2H3/t14?,15?,16?,17-,18-,20-,21+/m1/s1. The number of hydrogen-bond donors (Lipinski definition) is 2. The number of Topliss-reactive ketones (excluding diaryl/α,β-unsaturated/α-hetero) is 1. The summed E-state index contributed by atoms with van der Waals surface area (Å²) < 4.78 is 0. The molecule has 5 nitrogen and oxygen atoms in total. The Morgan fingerprint density at radius 2 is 2.00 bits per heavy atom. The average molecular weight is 363 g/mol. The van der Waals surface area contributed by atoms with Crippen LogP contribution in [0, 0.1) is 34.5 Å². The minimum absolute atomic E-state index is 0.124. The number of nitrogens with zero attached hydrogens (tertiary/aromatic N) is 1. The molecule has 146 valence electrons. The molecule has 4 rings (SSSR count). The molecule has 0 amide bonds. The molecule has 5 heteroatoms. The number of carbonyl (C=O) groups excluding carboxylic acids is 1. The molecule has 0 aromatic carbocycles. The van der Waals surface area contributed by atoms with Gasteiger partial charge in [0.15, 0.2) is 0 Å². The predicted molar refractivity (Wildman–Crippen MR) is 101 cm³/mol. The van der Waals surface area contributed by atoms with E-state index in [2.05, 4.69) is 19.0 Å². The second-order valence-corrected chi connectivity index (χ2v) is 9.69. The zero-order valence-corrected chi connectivity index (χ0v) is 16.2. The zero-order chi connectivity index (χ0) is 18.5. The second-order valence-electron chi connectivity index (χ2n) is 9.69. The summed E-state index contributed by atoms with van der Waals surface area (Å²) in [5.41, 5.74) is 6.58. The van der Waals surface area contributed by atoms with E-state index in [0.29, 0.717) is 36.7 Å². The maximum atomic E-state index is 12.5. The summed E-state index contributed by atoms with van der Waals surface area (Å²) in [6.07, 6.45) is 7.38. The van der Waals surface area contributed by atoms with Crippen LogP contribution in [0.25, 0.3) is 0 Å². The summed E-state index contributed by atoms with van der Waals surface area (Å²) in [6, 6.07) is 0. The molecule has 0 aliphatic heterocycles. The molecule has 4 aliphatic rings. The van der Waals surface area contributed by atoms with Crippen LogP contribution in [-0.2, 0) is 9.63 Å². The predicted octanol–water partition coefficient (Wildman–Crippen LogP) is 2.90. The molecule has 0 aromatic rings. The van der Waals surface area contributed by atoms with Crippen molar-refractivity contribution in [1.29, 1.82) is 0 Å². The van der Waals surface area contributed by atoms with Crippen LogP contribution >= 0.6 is 0 Å². The van der Waals surface area contributed by atoms with Crippen LogP contribution in [0.4, 0.5) is 0 Å². The van der Waals surface area contributed by atoms with Crippen LogP contribution < -0.4 is 5.73 Å². The van der Waals surface area contributed by atoms with Crippen molar-refractivity contribution in [3.05, 3.63) is 0 Å². The van der Waals surface area contributed by atoms with Gasteiger partial charge >= 0.3 is 0 Å². The van der Waals surface area contributed by atoms with Gasteiger partial charge in [0.1, 0.15) is 12.4 Å². The highest BCUT2D eigenvalue weighted by molar-refractivity contribution is 5.87.